The molecule has 0 aliphatic carbocycles. The molecule has 1 aliphatic heterocycles. The van der Waals surface area contributed by atoms with Crippen molar-refractivity contribution in [2.24, 2.45) is 0 Å². The Kier molecular flexibility index (Phi) is 3.40. The minimum atomic E-state index is -0.643. The molecule has 0 bridgehead atoms. The van der Waals surface area contributed by atoms with Crippen molar-refractivity contribution in [3.8, 4) is 11.8 Å². The van der Waals surface area contributed by atoms with E-state index in [1.54, 1.807) is 42.5 Å². The summed E-state index contributed by atoms with van der Waals surface area (Å²) in [7, 11) is 0. The summed E-state index contributed by atoms with van der Waals surface area (Å²) in [6.07, 6.45) is -0.643. The highest BCUT2D eigenvalue weighted by Crippen LogP contribution is 2.47. The quantitative estimate of drug-likeness (QED) is 0.681. The molecule has 1 fully saturated rings. The summed E-state index contributed by atoms with van der Waals surface area (Å²) >= 11 is 0. The van der Waals surface area contributed by atoms with Gasteiger partial charge >= 0.3 is 5.97 Å². The van der Waals surface area contributed by atoms with Crippen LogP contribution in [0.3, 0.4) is 0 Å². The minimum absolute atomic E-state index is 0.0661. The smallest absolute Gasteiger partial charge is 0.334 e. The average Bonchev–Trinajstić information content (AvgIpc) is 2.83. The fourth-order valence-electron chi connectivity index (χ4n) is 2.72. The molecule has 1 aliphatic rings. The first-order valence-electron chi connectivity index (χ1n) is 6.79. The van der Waals surface area contributed by atoms with Gasteiger partial charge in [0, 0.05) is 11.1 Å². The lowest BCUT2D eigenvalue weighted by atomic mass is 9.85. The van der Waals surface area contributed by atoms with Crippen molar-refractivity contribution >= 4 is 5.97 Å². The molecule has 4 heteroatoms. The van der Waals surface area contributed by atoms with Crippen LogP contribution in [-0.4, -0.2) is 11.1 Å². The number of cyclic esters (lactones) is 1. The third-order valence-corrected chi connectivity index (χ3v) is 3.79. The number of rotatable bonds is 2. The number of aromatic hydroxyl groups is 1. The van der Waals surface area contributed by atoms with E-state index in [2.05, 4.69) is 12.6 Å². The molecule has 0 unspecified atom stereocenters. The third-order valence-electron chi connectivity index (χ3n) is 3.79. The van der Waals surface area contributed by atoms with Crippen LogP contribution >= 0.6 is 0 Å². The maximum Gasteiger partial charge on any atom is 0.334 e. The molecule has 4 nitrogen and oxygen atoms in total. The van der Waals surface area contributed by atoms with Gasteiger partial charge in [0.1, 0.15) is 11.9 Å². The minimum Gasteiger partial charge on any atom is -0.508 e. The van der Waals surface area contributed by atoms with Crippen LogP contribution in [-0.2, 0) is 9.53 Å². The van der Waals surface area contributed by atoms with Gasteiger partial charge in [-0.25, -0.2) is 4.79 Å². The third kappa shape index (κ3) is 2.23. The number of hydrogen-bond donors (Lipinski definition) is 1. The number of nitriles is 1. The van der Waals surface area contributed by atoms with Gasteiger partial charge in [-0.1, -0.05) is 36.9 Å². The topological polar surface area (TPSA) is 70.3 Å². The van der Waals surface area contributed by atoms with E-state index in [9.17, 15) is 9.90 Å². The molecule has 2 atom stereocenters. The summed E-state index contributed by atoms with van der Waals surface area (Å²) in [6, 6.07) is 15.8. The summed E-state index contributed by atoms with van der Waals surface area (Å²) in [4.78, 5) is 11.9. The summed E-state index contributed by atoms with van der Waals surface area (Å²) in [6.45, 7) is 3.81. The summed E-state index contributed by atoms with van der Waals surface area (Å²) < 4.78 is 5.40. The fraction of sp³-hybridized carbons (Fsp3) is 0.111. The van der Waals surface area contributed by atoms with Crippen LogP contribution in [0.2, 0.25) is 0 Å². The zero-order valence-corrected chi connectivity index (χ0v) is 11.7. The largest absolute Gasteiger partial charge is 0.508 e. The number of carbonyl (C=O) groups excluding carboxylic acids is 1. The van der Waals surface area contributed by atoms with Crippen LogP contribution in [0.5, 0.6) is 5.75 Å². The highest BCUT2D eigenvalue weighted by Gasteiger charge is 2.41. The van der Waals surface area contributed by atoms with E-state index < -0.39 is 18.0 Å². The first-order chi connectivity index (χ1) is 10.6. The predicted molar refractivity (Wildman–Crippen MR) is 80.0 cm³/mol. The van der Waals surface area contributed by atoms with Crippen molar-refractivity contribution < 1.29 is 14.6 Å². The lowest BCUT2D eigenvalue weighted by Crippen LogP contribution is -2.07. The number of esters is 1. The zero-order chi connectivity index (χ0) is 15.7. The molecule has 0 saturated carbocycles. The molecular weight excluding hydrogens is 278 g/mol. The van der Waals surface area contributed by atoms with Gasteiger partial charge in [-0.15, -0.1) is 0 Å². The van der Waals surface area contributed by atoms with E-state index in [0.29, 0.717) is 16.7 Å². The fourth-order valence-corrected chi connectivity index (χ4v) is 2.72. The molecular formula is C18H13NO3. The van der Waals surface area contributed by atoms with Gasteiger partial charge in [0.2, 0.25) is 0 Å². The molecule has 0 aromatic heterocycles. The maximum absolute atomic E-state index is 11.9. The van der Waals surface area contributed by atoms with Gasteiger partial charge in [-0.2, -0.15) is 5.26 Å². The molecule has 1 N–H and O–H groups in total. The first-order valence-corrected chi connectivity index (χ1v) is 6.79. The Balaban J connectivity index is 2.10. The number of hydrogen-bond acceptors (Lipinski definition) is 4. The molecule has 0 spiro atoms. The molecule has 2 aromatic carbocycles. The SMILES string of the molecule is C=C1C(=O)O[C@H](c2ccccc2O)[C@@H]1c1cccc(C#N)c1. The number of phenols is 1. The number of ether oxygens (including phenoxy) is 1. The zero-order valence-electron chi connectivity index (χ0n) is 11.7. The molecule has 22 heavy (non-hydrogen) atoms. The lowest BCUT2D eigenvalue weighted by molar-refractivity contribution is -0.139. The monoisotopic (exact) mass is 291 g/mol. The molecule has 108 valence electrons. The van der Waals surface area contributed by atoms with Gasteiger partial charge in [-0.05, 0) is 23.8 Å². The Bertz CT molecular complexity index is 804. The number of nitrogens with zero attached hydrogens (tertiary/aromatic N) is 1. The van der Waals surface area contributed by atoms with Crippen molar-refractivity contribution in [2.45, 2.75) is 12.0 Å². The first kappa shape index (κ1) is 13.9. The number of carbonyl (C=O) groups is 1. The normalized spacial score (nSPS) is 20.5. The van der Waals surface area contributed by atoms with Crippen molar-refractivity contribution in [3.05, 3.63) is 77.4 Å². The van der Waals surface area contributed by atoms with Crippen molar-refractivity contribution in [2.75, 3.05) is 0 Å². The van der Waals surface area contributed by atoms with Gasteiger partial charge in [0.05, 0.1) is 17.6 Å². The standard InChI is InChI=1S/C18H13NO3/c1-11-16(13-6-4-5-12(9-13)10-19)17(22-18(11)21)14-7-2-3-8-15(14)20/h2-9,16-17,20H,1H2/t16-,17+/m0/s1. The molecule has 2 aromatic rings. The summed E-state index contributed by atoms with van der Waals surface area (Å²) in [5, 5.41) is 19.1. The second kappa shape index (κ2) is 5.38. The Morgan fingerprint density at radius 3 is 2.68 bits per heavy atom. The Labute approximate surface area is 127 Å². The molecule has 0 radical (unpaired) electrons. The summed E-state index contributed by atoms with van der Waals surface area (Å²) in [5.41, 5.74) is 2.12. The van der Waals surface area contributed by atoms with Gasteiger partial charge in [-0.3, -0.25) is 0 Å². The van der Waals surface area contributed by atoms with Crippen LogP contribution in [0, 0.1) is 11.3 Å². The maximum atomic E-state index is 11.9. The van der Waals surface area contributed by atoms with E-state index in [1.165, 1.54) is 0 Å². The Hall–Kier alpha value is -3.06. The molecule has 3 rings (SSSR count). The van der Waals surface area contributed by atoms with E-state index in [4.69, 9.17) is 10.00 Å². The average molecular weight is 291 g/mol. The molecule has 1 heterocycles. The van der Waals surface area contributed by atoms with Crippen molar-refractivity contribution in [1.29, 1.82) is 5.26 Å². The van der Waals surface area contributed by atoms with E-state index in [-0.39, 0.29) is 5.75 Å². The van der Waals surface area contributed by atoms with Gasteiger partial charge in [0.25, 0.3) is 0 Å². The number of para-hydroxylation sites is 1. The highest BCUT2D eigenvalue weighted by atomic mass is 16.6. The second-order valence-electron chi connectivity index (χ2n) is 5.12. The predicted octanol–water partition coefficient (Wildman–Crippen LogP) is 3.20. The van der Waals surface area contributed by atoms with E-state index in [0.717, 1.165) is 5.56 Å². The second-order valence-corrected chi connectivity index (χ2v) is 5.12. The molecule has 1 saturated heterocycles. The van der Waals surface area contributed by atoms with Crippen molar-refractivity contribution in [1.82, 2.24) is 0 Å². The summed E-state index contributed by atoms with van der Waals surface area (Å²) in [5.74, 6) is -0.842. The van der Waals surface area contributed by atoms with Crippen LogP contribution < -0.4 is 0 Å². The van der Waals surface area contributed by atoms with Crippen LogP contribution in [0.25, 0.3) is 0 Å². The van der Waals surface area contributed by atoms with Gasteiger partial charge < -0.3 is 9.84 Å². The van der Waals surface area contributed by atoms with Crippen LogP contribution in [0.1, 0.15) is 28.7 Å². The van der Waals surface area contributed by atoms with E-state index in [1.807, 2.05) is 6.07 Å². The van der Waals surface area contributed by atoms with Crippen LogP contribution in [0.4, 0.5) is 0 Å². The van der Waals surface area contributed by atoms with E-state index >= 15 is 0 Å². The van der Waals surface area contributed by atoms with Crippen molar-refractivity contribution in [3.63, 3.8) is 0 Å². The Morgan fingerprint density at radius 1 is 1.18 bits per heavy atom. The van der Waals surface area contributed by atoms with Gasteiger partial charge in [0.15, 0.2) is 0 Å². The Morgan fingerprint density at radius 2 is 1.95 bits per heavy atom. The number of phenolic OH excluding ortho intramolecular Hbond substituents is 1. The highest BCUT2D eigenvalue weighted by molar-refractivity contribution is 5.92. The molecule has 0 amide bonds. The number of benzene rings is 2. The lowest BCUT2D eigenvalue weighted by Gasteiger charge is -2.19. The van der Waals surface area contributed by atoms with Crippen LogP contribution in [0.15, 0.2) is 60.7 Å².